The lowest BCUT2D eigenvalue weighted by Crippen LogP contribution is -2.13. The summed E-state index contributed by atoms with van der Waals surface area (Å²) in [5.41, 5.74) is 2.19. The SMILES string of the molecule is COc1cc(NC(=O)c2cccc(C)c2)c(OC)cc1Br. The van der Waals surface area contributed by atoms with Gasteiger partial charge in [0.05, 0.1) is 24.4 Å². The maximum absolute atomic E-state index is 12.3. The second-order valence-electron chi connectivity index (χ2n) is 4.51. The van der Waals surface area contributed by atoms with Crippen LogP contribution in [0, 0.1) is 6.92 Å². The Morgan fingerprint density at radius 2 is 1.81 bits per heavy atom. The Kier molecular flexibility index (Phi) is 4.85. The lowest BCUT2D eigenvalue weighted by Gasteiger charge is -2.13. The fraction of sp³-hybridized carbons (Fsp3) is 0.188. The molecule has 0 heterocycles. The second kappa shape index (κ2) is 6.63. The van der Waals surface area contributed by atoms with E-state index in [0.29, 0.717) is 22.7 Å². The van der Waals surface area contributed by atoms with Crippen molar-refractivity contribution >= 4 is 27.5 Å². The Morgan fingerprint density at radius 3 is 2.43 bits per heavy atom. The van der Waals surface area contributed by atoms with Gasteiger partial charge in [-0.05, 0) is 35.0 Å². The van der Waals surface area contributed by atoms with Crippen LogP contribution in [0.1, 0.15) is 15.9 Å². The number of methoxy groups -OCH3 is 2. The Hall–Kier alpha value is -2.01. The average Bonchev–Trinajstić information content (AvgIpc) is 2.48. The van der Waals surface area contributed by atoms with Crippen LogP contribution in [-0.4, -0.2) is 20.1 Å². The van der Waals surface area contributed by atoms with Crippen LogP contribution in [0.5, 0.6) is 11.5 Å². The first-order chi connectivity index (χ1) is 10.0. The highest BCUT2D eigenvalue weighted by molar-refractivity contribution is 9.10. The topological polar surface area (TPSA) is 47.6 Å². The monoisotopic (exact) mass is 349 g/mol. The molecule has 2 rings (SSSR count). The Morgan fingerprint density at radius 1 is 1.10 bits per heavy atom. The summed E-state index contributed by atoms with van der Waals surface area (Å²) in [6.07, 6.45) is 0. The molecular weight excluding hydrogens is 334 g/mol. The maximum Gasteiger partial charge on any atom is 0.255 e. The van der Waals surface area contributed by atoms with E-state index in [-0.39, 0.29) is 5.91 Å². The van der Waals surface area contributed by atoms with Gasteiger partial charge in [0.15, 0.2) is 0 Å². The van der Waals surface area contributed by atoms with Gasteiger partial charge >= 0.3 is 0 Å². The van der Waals surface area contributed by atoms with Crippen molar-refractivity contribution in [1.82, 2.24) is 0 Å². The number of rotatable bonds is 4. The smallest absolute Gasteiger partial charge is 0.255 e. The molecule has 0 aliphatic heterocycles. The normalized spacial score (nSPS) is 10.1. The summed E-state index contributed by atoms with van der Waals surface area (Å²) >= 11 is 3.39. The van der Waals surface area contributed by atoms with Crippen molar-refractivity contribution < 1.29 is 14.3 Å². The molecule has 0 aliphatic carbocycles. The number of benzene rings is 2. The van der Waals surface area contributed by atoms with E-state index in [9.17, 15) is 4.79 Å². The molecule has 0 saturated carbocycles. The van der Waals surface area contributed by atoms with Crippen molar-refractivity contribution in [2.24, 2.45) is 0 Å². The summed E-state index contributed by atoms with van der Waals surface area (Å²) in [7, 11) is 3.12. The summed E-state index contributed by atoms with van der Waals surface area (Å²) in [4.78, 5) is 12.3. The van der Waals surface area contributed by atoms with E-state index < -0.39 is 0 Å². The minimum atomic E-state index is -0.193. The Labute approximate surface area is 132 Å². The number of carbonyl (C=O) groups is 1. The molecule has 0 fully saturated rings. The fourth-order valence-corrected chi connectivity index (χ4v) is 2.42. The number of hydrogen-bond acceptors (Lipinski definition) is 3. The van der Waals surface area contributed by atoms with Crippen molar-refractivity contribution in [3.8, 4) is 11.5 Å². The molecule has 0 aromatic heterocycles. The second-order valence-corrected chi connectivity index (χ2v) is 5.36. The third-order valence-electron chi connectivity index (χ3n) is 3.00. The van der Waals surface area contributed by atoms with Crippen molar-refractivity contribution in [3.63, 3.8) is 0 Å². The lowest BCUT2D eigenvalue weighted by atomic mass is 10.1. The Balaban J connectivity index is 2.32. The highest BCUT2D eigenvalue weighted by atomic mass is 79.9. The fourth-order valence-electron chi connectivity index (χ4n) is 1.94. The van der Waals surface area contributed by atoms with Crippen LogP contribution in [0.3, 0.4) is 0 Å². The molecular formula is C16H16BrNO3. The van der Waals surface area contributed by atoms with Crippen molar-refractivity contribution in [2.45, 2.75) is 6.92 Å². The van der Waals surface area contributed by atoms with E-state index in [1.807, 2.05) is 25.1 Å². The molecule has 21 heavy (non-hydrogen) atoms. The van der Waals surface area contributed by atoms with E-state index >= 15 is 0 Å². The minimum Gasteiger partial charge on any atom is -0.495 e. The highest BCUT2D eigenvalue weighted by Gasteiger charge is 2.13. The summed E-state index contributed by atoms with van der Waals surface area (Å²) in [5.74, 6) is 0.986. The predicted molar refractivity (Wildman–Crippen MR) is 86.4 cm³/mol. The molecule has 0 bridgehead atoms. The van der Waals surface area contributed by atoms with E-state index in [1.165, 1.54) is 0 Å². The zero-order valence-electron chi connectivity index (χ0n) is 12.1. The summed E-state index contributed by atoms with van der Waals surface area (Å²) in [6, 6.07) is 10.9. The van der Waals surface area contributed by atoms with Gasteiger partial charge in [-0.2, -0.15) is 0 Å². The molecule has 0 saturated heterocycles. The number of hydrogen-bond donors (Lipinski definition) is 1. The number of aryl methyl sites for hydroxylation is 1. The van der Waals surface area contributed by atoms with E-state index in [0.717, 1.165) is 10.0 Å². The van der Waals surface area contributed by atoms with Crippen LogP contribution in [-0.2, 0) is 0 Å². The van der Waals surface area contributed by atoms with Crippen LogP contribution in [0.15, 0.2) is 40.9 Å². The van der Waals surface area contributed by atoms with Gasteiger partial charge in [0.25, 0.3) is 5.91 Å². The zero-order chi connectivity index (χ0) is 15.4. The van der Waals surface area contributed by atoms with Crippen LogP contribution in [0.4, 0.5) is 5.69 Å². The van der Waals surface area contributed by atoms with Crippen molar-refractivity contribution in [2.75, 3.05) is 19.5 Å². The predicted octanol–water partition coefficient (Wildman–Crippen LogP) is 4.03. The van der Waals surface area contributed by atoms with Gasteiger partial charge in [-0.15, -0.1) is 0 Å². The molecule has 0 atom stereocenters. The molecule has 0 aliphatic rings. The standard InChI is InChI=1S/C16H16BrNO3/c1-10-5-4-6-11(7-10)16(19)18-13-9-14(20-2)12(17)8-15(13)21-3/h4-9H,1-3H3,(H,18,19). The molecule has 0 radical (unpaired) electrons. The van der Waals surface area contributed by atoms with E-state index in [1.54, 1.807) is 32.4 Å². The maximum atomic E-state index is 12.3. The van der Waals surface area contributed by atoms with Gasteiger partial charge in [0, 0.05) is 17.7 Å². The summed E-state index contributed by atoms with van der Waals surface area (Å²) in [5, 5.41) is 2.84. The van der Waals surface area contributed by atoms with Gasteiger partial charge in [-0.3, -0.25) is 4.79 Å². The number of carbonyl (C=O) groups excluding carboxylic acids is 1. The van der Waals surface area contributed by atoms with E-state index in [2.05, 4.69) is 21.2 Å². The molecule has 0 unspecified atom stereocenters. The first-order valence-electron chi connectivity index (χ1n) is 6.34. The molecule has 1 amide bonds. The largest absolute Gasteiger partial charge is 0.495 e. The van der Waals surface area contributed by atoms with Crippen molar-refractivity contribution in [1.29, 1.82) is 0 Å². The van der Waals surface area contributed by atoms with Crippen molar-refractivity contribution in [3.05, 3.63) is 52.0 Å². The first-order valence-corrected chi connectivity index (χ1v) is 7.14. The zero-order valence-corrected chi connectivity index (χ0v) is 13.7. The van der Waals surface area contributed by atoms with Gasteiger partial charge in [-0.25, -0.2) is 0 Å². The molecule has 1 N–H and O–H groups in total. The average molecular weight is 350 g/mol. The third kappa shape index (κ3) is 3.55. The third-order valence-corrected chi connectivity index (χ3v) is 3.62. The van der Waals surface area contributed by atoms with Crippen LogP contribution < -0.4 is 14.8 Å². The Bertz CT molecular complexity index is 671. The summed E-state index contributed by atoms with van der Waals surface area (Å²) < 4.78 is 11.3. The molecule has 110 valence electrons. The molecule has 2 aromatic rings. The quantitative estimate of drug-likeness (QED) is 0.906. The van der Waals surface area contributed by atoms with Gasteiger partial charge < -0.3 is 14.8 Å². The molecule has 5 heteroatoms. The number of nitrogens with one attached hydrogen (secondary N) is 1. The molecule has 2 aromatic carbocycles. The first kappa shape index (κ1) is 15.4. The lowest BCUT2D eigenvalue weighted by molar-refractivity contribution is 0.102. The highest BCUT2D eigenvalue weighted by Crippen LogP contribution is 2.36. The molecule has 0 spiro atoms. The minimum absolute atomic E-state index is 0.193. The van der Waals surface area contributed by atoms with Crippen LogP contribution in [0.25, 0.3) is 0 Å². The number of amides is 1. The van der Waals surface area contributed by atoms with Crippen LogP contribution >= 0.6 is 15.9 Å². The number of ether oxygens (including phenoxy) is 2. The van der Waals surface area contributed by atoms with E-state index in [4.69, 9.17) is 9.47 Å². The summed E-state index contributed by atoms with van der Waals surface area (Å²) in [6.45, 7) is 1.94. The van der Waals surface area contributed by atoms with Crippen LogP contribution in [0.2, 0.25) is 0 Å². The van der Waals surface area contributed by atoms with Gasteiger partial charge in [0.2, 0.25) is 0 Å². The number of anilines is 1. The van der Waals surface area contributed by atoms with Gasteiger partial charge in [-0.1, -0.05) is 17.7 Å². The molecule has 4 nitrogen and oxygen atoms in total. The number of halogens is 1. The van der Waals surface area contributed by atoms with Gasteiger partial charge in [0.1, 0.15) is 11.5 Å².